The maximum Gasteiger partial charge on any atom is 0.251 e. The molecular formula is C14H21N3O. The van der Waals surface area contributed by atoms with Crippen molar-refractivity contribution in [3.63, 3.8) is 0 Å². The van der Waals surface area contributed by atoms with Crippen molar-refractivity contribution >= 4 is 17.3 Å². The van der Waals surface area contributed by atoms with Gasteiger partial charge in [-0.2, -0.15) is 0 Å². The SMILES string of the molecule is CNC(=O)c1ccc(N)c(N(C)CC2CCC2)c1. The fourth-order valence-corrected chi connectivity index (χ4v) is 2.32. The van der Waals surface area contributed by atoms with E-state index in [2.05, 4.69) is 10.2 Å². The van der Waals surface area contributed by atoms with Gasteiger partial charge >= 0.3 is 0 Å². The molecule has 4 nitrogen and oxygen atoms in total. The fourth-order valence-electron chi connectivity index (χ4n) is 2.32. The highest BCUT2D eigenvalue weighted by Crippen LogP contribution is 2.30. The minimum Gasteiger partial charge on any atom is -0.397 e. The number of hydrogen-bond donors (Lipinski definition) is 2. The predicted molar refractivity (Wildman–Crippen MR) is 74.9 cm³/mol. The topological polar surface area (TPSA) is 58.4 Å². The van der Waals surface area contributed by atoms with Gasteiger partial charge in [-0.15, -0.1) is 0 Å². The molecule has 0 saturated heterocycles. The summed E-state index contributed by atoms with van der Waals surface area (Å²) in [5, 5.41) is 2.63. The average molecular weight is 247 g/mol. The third-order valence-corrected chi connectivity index (χ3v) is 3.69. The number of nitrogens with two attached hydrogens (primary N) is 1. The summed E-state index contributed by atoms with van der Waals surface area (Å²) in [4.78, 5) is 13.8. The first-order valence-electron chi connectivity index (χ1n) is 6.44. The van der Waals surface area contributed by atoms with Crippen LogP contribution < -0.4 is 16.0 Å². The first kappa shape index (κ1) is 12.7. The van der Waals surface area contributed by atoms with E-state index in [1.165, 1.54) is 19.3 Å². The van der Waals surface area contributed by atoms with E-state index >= 15 is 0 Å². The third kappa shape index (κ3) is 2.58. The van der Waals surface area contributed by atoms with Crippen molar-refractivity contribution < 1.29 is 4.79 Å². The molecular weight excluding hydrogens is 226 g/mol. The van der Waals surface area contributed by atoms with E-state index in [0.717, 1.165) is 23.8 Å². The van der Waals surface area contributed by atoms with Crippen LogP contribution in [0, 0.1) is 5.92 Å². The molecule has 1 aliphatic carbocycles. The molecule has 0 spiro atoms. The van der Waals surface area contributed by atoms with Gasteiger partial charge in [0.15, 0.2) is 0 Å². The van der Waals surface area contributed by atoms with Crippen LogP contribution in [-0.2, 0) is 0 Å². The Morgan fingerprint density at radius 2 is 2.22 bits per heavy atom. The van der Waals surface area contributed by atoms with E-state index in [-0.39, 0.29) is 5.91 Å². The quantitative estimate of drug-likeness (QED) is 0.798. The average Bonchev–Trinajstić information content (AvgIpc) is 2.33. The number of nitrogens with one attached hydrogen (secondary N) is 1. The Morgan fingerprint density at radius 1 is 1.50 bits per heavy atom. The molecule has 2 rings (SSSR count). The van der Waals surface area contributed by atoms with Crippen LogP contribution in [0.15, 0.2) is 18.2 Å². The Balaban J connectivity index is 2.16. The van der Waals surface area contributed by atoms with Crippen molar-refractivity contribution in [1.29, 1.82) is 0 Å². The summed E-state index contributed by atoms with van der Waals surface area (Å²) in [6.45, 7) is 1.02. The highest BCUT2D eigenvalue weighted by Gasteiger charge is 2.20. The van der Waals surface area contributed by atoms with Gasteiger partial charge in [0.2, 0.25) is 0 Å². The Morgan fingerprint density at radius 3 is 2.78 bits per heavy atom. The van der Waals surface area contributed by atoms with Gasteiger partial charge in [0, 0.05) is 26.2 Å². The van der Waals surface area contributed by atoms with E-state index < -0.39 is 0 Å². The van der Waals surface area contributed by atoms with E-state index in [4.69, 9.17) is 5.73 Å². The lowest BCUT2D eigenvalue weighted by atomic mass is 9.85. The largest absolute Gasteiger partial charge is 0.397 e. The van der Waals surface area contributed by atoms with E-state index in [1.54, 1.807) is 19.2 Å². The van der Waals surface area contributed by atoms with Crippen molar-refractivity contribution in [2.45, 2.75) is 19.3 Å². The zero-order chi connectivity index (χ0) is 13.1. The molecule has 0 bridgehead atoms. The Labute approximate surface area is 108 Å². The molecule has 1 saturated carbocycles. The summed E-state index contributed by atoms with van der Waals surface area (Å²) in [6.07, 6.45) is 3.95. The molecule has 3 N–H and O–H groups in total. The highest BCUT2D eigenvalue weighted by molar-refractivity contribution is 5.96. The van der Waals surface area contributed by atoms with Crippen LogP contribution in [0.5, 0.6) is 0 Å². The van der Waals surface area contributed by atoms with Crippen LogP contribution in [0.1, 0.15) is 29.6 Å². The van der Waals surface area contributed by atoms with E-state index in [9.17, 15) is 4.79 Å². The molecule has 1 aromatic carbocycles. The first-order valence-corrected chi connectivity index (χ1v) is 6.44. The Kier molecular flexibility index (Phi) is 3.75. The second kappa shape index (κ2) is 5.29. The number of amides is 1. The number of rotatable bonds is 4. The minimum atomic E-state index is -0.0757. The summed E-state index contributed by atoms with van der Waals surface area (Å²) in [6, 6.07) is 5.43. The monoisotopic (exact) mass is 247 g/mol. The molecule has 1 amide bonds. The zero-order valence-corrected chi connectivity index (χ0v) is 11.1. The molecule has 1 fully saturated rings. The molecule has 0 atom stereocenters. The number of anilines is 2. The maximum atomic E-state index is 11.6. The van der Waals surface area contributed by atoms with Gasteiger partial charge in [0.05, 0.1) is 11.4 Å². The van der Waals surface area contributed by atoms with Gasteiger partial charge in [-0.3, -0.25) is 4.79 Å². The van der Waals surface area contributed by atoms with Gasteiger partial charge < -0.3 is 16.0 Å². The summed E-state index contributed by atoms with van der Waals surface area (Å²) in [7, 11) is 3.67. The molecule has 4 heteroatoms. The molecule has 18 heavy (non-hydrogen) atoms. The fraction of sp³-hybridized carbons (Fsp3) is 0.500. The molecule has 1 aromatic rings. The summed E-state index contributed by atoms with van der Waals surface area (Å²) < 4.78 is 0. The first-order chi connectivity index (χ1) is 8.61. The number of nitrogens with zero attached hydrogens (tertiary/aromatic N) is 1. The normalized spacial score (nSPS) is 15.0. The standard InChI is InChI=1S/C14H21N3O/c1-16-14(18)11-6-7-12(15)13(8-11)17(2)9-10-4-3-5-10/h6-8,10H,3-5,9,15H2,1-2H3,(H,16,18). The van der Waals surface area contributed by atoms with Gasteiger partial charge in [-0.1, -0.05) is 6.42 Å². The smallest absolute Gasteiger partial charge is 0.251 e. The van der Waals surface area contributed by atoms with Crippen molar-refractivity contribution in [2.75, 3.05) is 31.3 Å². The van der Waals surface area contributed by atoms with Crippen molar-refractivity contribution in [3.8, 4) is 0 Å². The summed E-state index contributed by atoms with van der Waals surface area (Å²) in [5.74, 6) is 0.700. The van der Waals surface area contributed by atoms with Gasteiger partial charge in [0.25, 0.3) is 5.91 Å². The molecule has 0 unspecified atom stereocenters. The van der Waals surface area contributed by atoms with Crippen molar-refractivity contribution in [1.82, 2.24) is 5.32 Å². The maximum absolute atomic E-state index is 11.6. The molecule has 0 radical (unpaired) electrons. The van der Waals surface area contributed by atoms with Gasteiger partial charge in [0.1, 0.15) is 0 Å². The lowest BCUT2D eigenvalue weighted by Gasteiger charge is -2.32. The third-order valence-electron chi connectivity index (χ3n) is 3.69. The van der Waals surface area contributed by atoms with Crippen molar-refractivity contribution in [3.05, 3.63) is 23.8 Å². The minimum absolute atomic E-state index is 0.0757. The lowest BCUT2D eigenvalue weighted by Crippen LogP contribution is -2.30. The Bertz CT molecular complexity index is 441. The second-order valence-corrected chi connectivity index (χ2v) is 5.03. The van der Waals surface area contributed by atoms with Gasteiger partial charge in [-0.05, 0) is 37.0 Å². The van der Waals surface area contributed by atoms with Crippen LogP contribution in [0.2, 0.25) is 0 Å². The zero-order valence-electron chi connectivity index (χ0n) is 11.1. The van der Waals surface area contributed by atoms with E-state index in [1.807, 2.05) is 13.1 Å². The van der Waals surface area contributed by atoms with Crippen LogP contribution in [0.25, 0.3) is 0 Å². The lowest BCUT2D eigenvalue weighted by molar-refractivity contribution is 0.0963. The summed E-state index contributed by atoms with van der Waals surface area (Å²) in [5.41, 5.74) is 8.32. The Hall–Kier alpha value is -1.71. The highest BCUT2D eigenvalue weighted by atomic mass is 16.1. The molecule has 98 valence electrons. The van der Waals surface area contributed by atoms with Crippen LogP contribution in [0.4, 0.5) is 11.4 Å². The molecule has 0 aliphatic heterocycles. The number of carbonyl (C=O) groups excluding carboxylic acids is 1. The number of nitrogen functional groups attached to an aromatic ring is 1. The van der Waals surface area contributed by atoms with Gasteiger partial charge in [-0.25, -0.2) is 0 Å². The van der Waals surface area contributed by atoms with Crippen molar-refractivity contribution in [2.24, 2.45) is 5.92 Å². The van der Waals surface area contributed by atoms with Crippen LogP contribution in [-0.4, -0.2) is 26.5 Å². The predicted octanol–water partition coefficient (Wildman–Crippen LogP) is 1.86. The summed E-state index contributed by atoms with van der Waals surface area (Å²) >= 11 is 0. The van der Waals surface area contributed by atoms with Crippen LogP contribution in [0.3, 0.4) is 0 Å². The van der Waals surface area contributed by atoms with E-state index in [0.29, 0.717) is 5.56 Å². The molecule has 0 aromatic heterocycles. The number of benzene rings is 1. The second-order valence-electron chi connectivity index (χ2n) is 5.03. The number of hydrogen-bond acceptors (Lipinski definition) is 3. The molecule has 0 heterocycles. The molecule has 1 aliphatic rings. The van der Waals surface area contributed by atoms with Crippen LogP contribution >= 0.6 is 0 Å². The number of carbonyl (C=O) groups is 1.